The molecule has 2 aliphatic rings. The van der Waals surface area contributed by atoms with Gasteiger partial charge in [0.1, 0.15) is 6.61 Å². The lowest BCUT2D eigenvalue weighted by molar-refractivity contribution is 0.130. The minimum atomic E-state index is 0.264. The number of benzene rings is 2. The van der Waals surface area contributed by atoms with E-state index in [-0.39, 0.29) is 6.79 Å². The van der Waals surface area contributed by atoms with Gasteiger partial charge in [0.15, 0.2) is 11.5 Å². The van der Waals surface area contributed by atoms with Crippen LogP contribution in [0, 0.1) is 12.8 Å². The summed E-state index contributed by atoms with van der Waals surface area (Å²) in [5, 5.41) is 5.58. The lowest BCUT2D eigenvalue weighted by Crippen LogP contribution is -2.08. The van der Waals surface area contributed by atoms with Crippen molar-refractivity contribution in [2.24, 2.45) is 11.1 Å². The van der Waals surface area contributed by atoms with Crippen LogP contribution >= 0.6 is 0 Å². The van der Waals surface area contributed by atoms with Crippen LogP contribution in [0.25, 0.3) is 10.9 Å². The van der Waals surface area contributed by atoms with Gasteiger partial charge < -0.3 is 14.3 Å². The highest BCUT2D eigenvalue weighted by atomic mass is 16.7. The Balaban J connectivity index is 1.48. The van der Waals surface area contributed by atoms with Crippen LogP contribution in [0.5, 0.6) is 11.5 Å². The lowest BCUT2D eigenvalue weighted by Gasteiger charge is -2.12. The predicted molar refractivity (Wildman–Crippen MR) is 103 cm³/mol. The maximum absolute atomic E-state index is 5.69. The van der Waals surface area contributed by atoms with Gasteiger partial charge in [-0.3, -0.25) is 4.98 Å². The summed E-state index contributed by atoms with van der Waals surface area (Å²) in [4.78, 5) is 10.3. The number of aryl methyl sites for hydroxylation is 1. The van der Waals surface area contributed by atoms with E-state index in [4.69, 9.17) is 14.3 Å². The average molecular weight is 360 g/mol. The Morgan fingerprint density at radius 3 is 2.70 bits per heavy atom. The molecule has 136 valence electrons. The molecule has 0 unspecified atom stereocenters. The number of nitrogens with zero attached hydrogens (tertiary/aromatic N) is 2. The van der Waals surface area contributed by atoms with Crippen LogP contribution in [0.15, 0.2) is 53.8 Å². The first-order chi connectivity index (χ1) is 13.3. The SMILES string of the molecule is Cc1c(/C(=N\OCc2ccccc2)C2CC2)cnc2cc3c(cc12)OCO3. The molecule has 5 heteroatoms. The van der Waals surface area contributed by atoms with Gasteiger partial charge in [0, 0.05) is 29.1 Å². The van der Waals surface area contributed by atoms with Gasteiger partial charge in [-0.05, 0) is 37.0 Å². The van der Waals surface area contributed by atoms with Gasteiger partial charge in [-0.1, -0.05) is 35.5 Å². The van der Waals surface area contributed by atoms with E-state index in [1.165, 1.54) is 0 Å². The van der Waals surface area contributed by atoms with Crippen molar-refractivity contribution in [2.75, 3.05) is 6.79 Å². The van der Waals surface area contributed by atoms with E-state index in [1.807, 2.05) is 48.7 Å². The van der Waals surface area contributed by atoms with E-state index in [0.29, 0.717) is 12.5 Å². The molecular weight excluding hydrogens is 340 g/mol. The van der Waals surface area contributed by atoms with Gasteiger partial charge in [0.2, 0.25) is 6.79 Å². The highest BCUT2D eigenvalue weighted by molar-refractivity contribution is 6.07. The molecule has 5 rings (SSSR count). The Labute approximate surface area is 157 Å². The van der Waals surface area contributed by atoms with Crippen LogP contribution in [0.4, 0.5) is 0 Å². The van der Waals surface area contributed by atoms with Crippen LogP contribution in [0.2, 0.25) is 0 Å². The number of rotatable bonds is 5. The molecule has 1 saturated carbocycles. The highest BCUT2D eigenvalue weighted by Gasteiger charge is 2.31. The normalized spacial score (nSPS) is 16.0. The minimum Gasteiger partial charge on any atom is -0.454 e. The number of hydrogen-bond acceptors (Lipinski definition) is 5. The van der Waals surface area contributed by atoms with Crippen LogP contribution in [0.1, 0.15) is 29.5 Å². The molecule has 0 amide bonds. The summed E-state index contributed by atoms with van der Waals surface area (Å²) in [6.45, 7) is 2.84. The summed E-state index contributed by atoms with van der Waals surface area (Å²) in [7, 11) is 0. The van der Waals surface area contributed by atoms with Crippen molar-refractivity contribution in [1.29, 1.82) is 0 Å². The molecule has 1 aliphatic carbocycles. The van der Waals surface area contributed by atoms with Crippen LogP contribution in [-0.4, -0.2) is 17.5 Å². The minimum absolute atomic E-state index is 0.264. The second-order valence-electron chi connectivity index (χ2n) is 7.03. The molecule has 0 N–H and O–H groups in total. The van der Waals surface area contributed by atoms with E-state index >= 15 is 0 Å². The van der Waals surface area contributed by atoms with Crippen molar-refractivity contribution in [3.05, 3.63) is 65.4 Å². The number of pyridine rings is 1. The molecule has 1 aliphatic heterocycles. The van der Waals surface area contributed by atoms with E-state index in [9.17, 15) is 0 Å². The van der Waals surface area contributed by atoms with Crippen molar-refractivity contribution in [2.45, 2.75) is 26.4 Å². The molecule has 0 spiro atoms. The molecular formula is C22H20N2O3. The summed E-state index contributed by atoms with van der Waals surface area (Å²) in [6, 6.07) is 14.0. The Morgan fingerprint density at radius 2 is 1.93 bits per heavy atom. The van der Waals surface area contributed by atoms with E-state index in [0.717, 1.165) is 57.6 Å². The van der Waals surface area contributed by atoms with Crippen LogP contribution in [-0.2, 0) is 11.4 Å². The van der Waals surface area contributed by atoms with Gasteiger partial charge >= 0.3 is 0 Å². The molecule has 0 radical (unpaired) electrons. The third-order valence-corrected chi connectivity index (χ3v) is 5.11. The van der Waals surface area contributed by atoms with Crippen LogP contribution < -0.4 is 9.47 Å². The lowest BCUT2D eigenvalue weighted by atomic mass is 9.99. The third kappa shape index (κ3) is 3.10. The molecule has 0 saturated heterocycles. The van der Waals surface area contributed by atoms with Gasteiger partial charge in [-0.2, -0.15) is 0 Å². The second-order valence-corrected chi connectivity index (χ2v) is 7.03. The molecule has 0 atom stereocenters. The van der Waals surface area contributed by atoms with Crippen molar-refractivity contribution in [3.63, 3.8) is 0 Å². The number of oxime groups is 1. The fraction of sp³-hybridized carbons (Fsp3) is 0.273. The second kappa shape index (κ2) is 6.58. The third-order valence-electron chi connectivity index (χ3n) is 5.11. The Hall–Kier alpha value is -3.08. The molecule has 2 aromatic carbocycles. The number of fused-ring (bicyclic) bond motifs is 2. The van der Waals surface area contributed by atoms with E-state index in [2.05, 4.69) is 17.1 Å². The van der Waals surface area contributed by atoms with Crippen LogP contribution in [0.3, 0.4) is 0 Å². The van der Waals surface area contributed by atoms with Crippen molar-refractivity contribution in [1.82, 2.24) is 4.98 Å². The first kappa shape index (κ1) is 16.1. The van der Waals surface area contributed by atoms with E-state index in [1.54, 1.807) is 0 Å². The average Bonchev–Trinajstić information content (AvgIpc) is 3.43. The highest BCUT2D eigenvalue weighted by Crippen LogP contribution is 2.39. The number of ether oxygens (including phenoxy) is 2. The topological polar surface area (TPSA) is 52.9 Å². The zero-order valence-corrected chi connectivity index (χ0v) is 15.1. The van der Waals surface area contributed by atoms with E-state index < -0.39 is 0 Å². The summed E-state index contributed by atoms with van der Waals surface area (Å²) >= 11 is 0. The zero-order chi connectivity index (χ0) is 18.2. The quantitative estimate of drug-likeness (QED) is 0.493. The fourth-order valence-electron chi connectivity index (χ4n) is 3.42. The molecule has 5 nitrogen and oxygen atoms in total. The largest absolute Gasteiger partial charge is 0.454 e. The molecule has 3 aromatic rings. The van der Waals surface area contributed by atoms with Gasteiger partial charge in [0.05, 0.1) is 11.2 Å². The summed E-state index contributed by atoms with van der Waals surface area (Å²) < 4.78 is 11.0. The summed E-state index contributed by atoms with van der Waals surface area (Å²) in [5.74, 6) is 1.98. The van der Waals surface area contributed by atoms with Crippen molar-refractivity contribution in [3.8, 4) is 11.5 Å². The van der Waals surface area contributed by atoms with Gasteiger partial charge in [-0.15, -0.1) is 0 Å². The zero-order valence-electron chi connectivity index (χ0n) is 15.1. The smallest absolute Gasteiger partial charge is 0.231 e. The number of hydrogen-bond donors (Lipinski definition) is 0. The standard InChI is InChI=1S/C22H20N2O3/c1-14-17-9-20-21(26-13-25-20)10-19(17)23-11-18(14)22(16-7-8-16)24-27-12-15-5-3-2-4-6-15/h2-6,9-11,16H,7-8,12-13H2,1H3/b24-22-. The Morgan fingerprint density at radius 1 is 1.15 bits per heavy atom. The molecule has 0 bridgehead atoms. The molecule has 27 heavy (non-hydrogen) atoms. The van der Waals surface area contributed by atoms with Crippen molar-refractivity contribution >= 4 is 16.6 Å². The monoisotopic (exact) mass is 360 g/mol. The number of aromatic nitrogens is 1. The molecule has 2 heterocycles. The van der Waals surface area contributed by atoms with Crippen molar-refractivity contribution < 1.29 is 14.3 Å². The Bertz CT molecular complexity index is 1030. The fourth-order valence-corrected chi connectivity index (χ4v) is 3.42. The maximum atomic E-state index is 5.69. The van der Waals surface area contributed by atoms with Gasteiger partial charge in [0.25, 0.3) is 0 Å². The first-order valence-corrected chi connectivity index (χ1v) is 9.23. The summed E-state index contributed by atoms with van der Waals surface area (Å²) in [5.41, 5.74) is 5.21. The van der Waals surface area contributed by atoms with Gasteiger partial charge in [-0.25, -0.2) is 0 Å². The molecule has 1 fully saturated rings. The summed E-state index contributed by atoms with van der Waals surface area (Å²) in [6.07, 6.45) is 4.20. The maximum Gasteiger partial charge on any atom is 0.231 e. The predicted octanol–water partition coefficient (Wildman–Crippen LogP) is 4.60. The first-order valence-electron chi connectivity index (χ1n) is 9.23. The molecule has 1 aromatic heterocycles. The Kier molecular flexibility index (Phi) is 3.93.